The first-order valence-electron chi connectivity index (χ1n) is 8.22. The number of imidazole rings is 1. The summed E-state index contributed by atoms with van der Waals surface area (Å²) in [6.45, 7) is 6.29. The van der Waals surface area contributed by atoms with E-state index in [4.69, 9.17) is 0 Å². The molecule has 2 aromatic carbocycles. The molecular formula is C21H18N4. The van der Waals surface area contributed by atoms with Crippen molar-refractivity contribution in [2.45, 2.75) is 20.8 Å². The minimum Gasteiger partial charge on any atom is -0.286 e. The molecule has 4 heteroatoms. The number of nitrogens with zero attached hydrogens (tertiary/aromatic N) is 4. The Morgan fingerprint density at radius 1 is 0.960 bits per heavy atom. The molecule has 122 valence electrons. The minimum absolute atomic E-state index is 0.409. The van der Waals surface area contributed by atoms with Crippen molar-refractivity contribution in [1.82, 2.24) is 14.1 Å². The molecule has 2 heterocycles. The van der Waals surface area contributed by atoms with Crippen LogP contribution in [0.25, 0.3) is 22.5 Å². The van der Waals surface area contributed by atoms with Crippen LogP contribution in [0.2, 0.25) is 0 Å². The number of nitriles is 1. The van der Waals surface area contributed by atoms with E-state index in [0.29, 0.717) is 5.69 Å². The number of rotatable bonds is 2. The smallest absolute Gasteiger partial charge is 0.220 e. The Labute approximate surface area is 146 Å². The van der Waals surface area contributed by atoms with Crippen LogP contribution < -0.4 is 0 Å². The summed E-state index contributed by atoms with van der Waals surface area (Å²) in [5, 5.41) is 10.5. The fourth-order valence-corrected chi connectivity index (χ4v) is 3.57. The van der Waals surface area contributed by atoms with Gasteiger partial charge in [-0.3, -0.25) is 9.13 Å². The molecule has 0 aliphatic carbocycles. The fourth-order valence-electron chi connectivity index (χ4n) is 3.57. The van der Waals surface area contributed by atoms with Gasteiger partial charge in [-0.2, -0.15) is 5.26 Å². The molecule has 4 nitrogen and oxygen atoms in total. The third kappa shape index (κ3) is 2.41. The molecule has 25 heavy (non-hydrogen) atoms. The molecule has 0 unspecified atom stereocenters. The highest BCUT2D eigenvalue weighted by Gasteiger charge is 2.16. The monoisotopic (exact) mass is 326 g/mol. The number of aromatic nitrogens is 3. The molecule has 0 fully saturated rings. The van der Waals surface area contributed by atoms with E-state index in [9.17, 15) is 5.26 Å². The molecule has 4 rings (SSSR count). The average molecular weight is 326 g/mol. The van der Waals surface area contributed by atoms with Gasteiger partial charge in [-0.05, 0) is 44.0 Å². The van der Waals surface area contributed by atoms with Gasteiger partial charge >= 0.3 is 0 Å². The maximum absolute atomic E-state index is 9.38. The number of hydrogen-bond donors (Lipinski definition) is 0. The highest BCUT2D eigenvalue weighted by Crippen LogP contribution is 2.27. The molecule has 2 aromatic heterocycles. The van der Waals surface area contributed by atoms with Crippen LogP contribution in [0.5, 0.6) is 0 Å². The van der Waals surface area contributed by atoms with Crippen molar-refractivity contribution in [1.29, 1.82) is 5.26 Å². The van der Waals surface area contributed by atoms with E-state index < -0.39 is 0 Å². The summed E-state index contributed by atoms with van der Waals surface area (Å²) in [6, 6.07) is 16.7. The van der Waals surface area contributed by atoms with Gasteiger partial charge in [0, 0.05) is 17.8 Å². The van der Waals surface area contributed by atoms with Crippen molar-refractivity contribution < 1.29 is 0 Å². The van der Waals surface area contributed by atoms with E-state index in [1.54, 1.807) is 0 Å². The van der Waals surface area contributed by atoms with Crippen LogP contribution in [0.15, 0.2) is 54.9 Å². The maximum atomic E-state index is 9.38. The summed E-state index contributed by atoms with van der Waals surface area (Å²) in [5.74, 6) is 0.729. The topological polar surface area (TPSA) is 46.5 Å². The lowest BCUT2D eigenvalue weighted by molar-refractivity contribution is 0.905. The average Bonchev–Trinajstić information content (AvgIpc) is 3.17. The standard InChI is InChI=1S/C21H18N4/c1-14-10-15(2)20(16(3)11-14)25-13-18(12-22)23-21(25)24-9-8-17-6-4-5-7-19(17)24/h4-11,13H,1-3H3. The lowest BCUT2D eigenvalue weighted by Crippen LogP contribution is -2.07. The molecule has 0 radical (unpaired) electrons. The summed E-state index contributed by atoms with van der Waals surface area (Å²) in [5.41, 5.74) is 6.11. The first kappa shape index (κ1) is 15.2. The zero-order chi connectivity index (χ0) is 17.6. The summed E-state index contributed by atoms with van der Waals surface area (Å²) < 4.78 is 4.06. The number of fused-ring (bicyclic) bond motifs is 1. The Bertz CT molecular complexity index is 1120. The third-order valence-electron chi connectivity index (χ3n) is 4.49. The highest BCUT2D eigenvalue weighted by atomic mass is 15.2. The summed E-state index contributed by atoms with van der Waals surface area (Å²) in [6.07, 6.45) is 3.82. The lowest BCUT2D eigenvalue weighted by atomic mass is 10.1. The van der Waals surface area contributed by atoms with Crippen LogP contribution in [0.3, 0.4) is 0 Å². The second-order valence-electron chi connectivity index (χ2n) is 6.40. The highest BCUT2D eigenvalue weighted by molar-refractivity contribution is 5.81. The number of aryl methyl sites for hydroxylation is 3. The van der Waals surface area contributed by atoms with Gasteiger partial charge in [0.15, 0.2) is 5.69 Å². The molecule has 0 saturated heterocycles. The number of hydrogen-bond acceptors (Lipinski definition) is 2. The van der Waals surface area contributed by atoms with E-state index in [2.05, 4.69) is 62.2 Å². The Morgan fingerprint density at radius 3 is 2.40 bits per heavy atom. The summed E-state index contributed by atoms with van der Waals surface area (Å²) in [7, 11) is 0. The molecule has 4 aromatic rings. The third-order valence-corrected chi connectivity index (χ3v) is 4.49. The Kier molecular flexibility index (Phi) is 3.43. The van der Waals surface area contributed by atoms with Gasteiger partial charge in [-0.25, -0.2) is 4.98 Å². The molecule has 0 atom stereocenters. The van der Waals surface area contributed by atoms with Gasteiger partial charge in [0.05, 0.1) is 11.2 Å². The predicted molar refractivity (Wildman–Crippen MR) is 99.3 cm³/mol. The van der Waals surface area contributed by atoms with E-state index in [-0.39, 0.29) is 0 Å². The number of para-hydroxylation sites is 1. The van der Waals surface area contributed by atoms with Gasteiger partial charge in [0.2, 0.25) is 5.95 Å². The number of benzene rings is 2. The summed E-state index contributed by atoms with van der Waals surface area (Å²) in [4.78, 5) is 4.57. The fraction of sp³-hybridized carbons (Fsp3) is 0.143. The lowest BCUT2D eigenvalue weighted by Gasteiger charge is -2.15. The quantitative estimate of drug-likeness (QED) is 0.540. The molecule has 0 aliphatic rings. The van der Waals surface area contributed by atoms with E-state index in [1.165, 1.54) is 5.56 Å². The largest absolute Gasteiger partial charge is 0.286 e. The first-order chi connectivity index (χ1) is 12.1. The van der Waals surface area contributed by atoms with Crippen LogP contribution in [0.4, 0.5) is 0 Å². The Balaban J connectivity index is 2.03. The van der Waals surface area contributed by atoms with Crippen LogP contribution in [0.1, 0.15) is 22.4 Å². The van der Waals surface area contributed by atoms with Crippen LogP contribution in [0, 0.1) is 32.1 Å². The van der Waals surface area contributed by atoms with E-state index in [1.807, 2.05) is 33.7 Å². The van der Waals surface area contributed by atoms with E-state index >= 15 is 0 Å². The maximum Gasteiger partial charge on any atom is 0.220 e. The molecule has 0 saturated carbocycles. The molecule has 0 N–H and O–H groups in total. The van der Waals surface area contributed by atoms with Gasteiger partial charge < -0.3 is 0 Å². The van der Waals surface area contributed by atoms with Crippen molar-refractivity contribution in [3.63, 3.8) is 0 Å². The van der Waals surface area contributed by atoms with Gasteiger partial charge in [-0.15, -0.1) is 0 Å². The van der Waals surface area contributed by atoms with Crippen molar-refractivity contribution in [2.75, 3.05) is 0 Å². The first-order valence-corrected chi connectivity index (χ1v) is 8.22. The SMILES string of the molecule is Cc1cc(C)c(-n2cc(C#N)nc2-n2ccc3ccccc32)c(C)c1. The van der Waals surface area contributed by atoms with Crippen molar-refractivity contribution in [3.05, 3.63) is 77.2 Å². The predicted octanol–water partition coefficient (Wildman–Crippen LogP) is 4.61. The second kappa shape index (κ2) is 5.64. The Morgan fingerprint density at radius 2 is 1.68 bits per heavy atom. The van der Waals surface area contributed by atoms with Gasteiger partial charge in [-0.1, -0.05) is 35.9 Å². The minimum atomic E-state index is 0.409. The Hall–Kier alpha value is -3.32. The van der Waals surface area contributed by atoms with Crippen LogP contribution in [-0.4, -0.2) is 14.1 Å². The molecule has 0 aliphatic heterocycles. The summed E-state index contributed by atoms with van der Waals surface area (Å²) >= 11 is 0. The molecule has 0 spiro atoms. The zero-order valence-electron chi connectivity index (χ0n) is 14.5. The molecule has 0 amide bonds. The normalized spacial score (nSPS) is 11.0. The van der Waals surface area contributed by atoms with Crippen molar-refractivity contribution >= 4 is 10.9 Å². The van der Waals surface area contributed by atoms with Crippen LogP contribution >= 0.6 is 0 Å². The van der Waals surface area contributed by atoms with Crippen molar-refractivity contribution in [2.24, 2.45) is 0 Å². The molecule has 0 bridgehead atoms. The second-order valence-corrected chi connectivity index (χ2v) is 6.40. The molecular weight excluding hydrogens is 308 g/mol. The zero-order valence-corrected chi connectivity index (χ0v) is 14.5. The van der Waals surface area contributed by atoms with Gasteiger partial charge in [0.25, 0.3) is 0 Å². The van der Waals surface area contributed by atoms with Crippen molar-refractivity contribution in [3.8, 4) is 17.7 Å². The van der Waals surface area contributed by atoms with Crippen LogP contribution in [-0.2, 0) is 0 Å². The van der Waals surface area contributed by atoms with E-state index in [0.717, 1.165) is 33.7 Å². The van der Waals surface area contributed by atoms with Gasteiger partial charge in [0.1, 0.15) is 6.07 Å².